The van der Waals surface area contributed by atoms with Crippen molar-refractivity contribution < 1.29 is 18.7 Å². The summed E-state index contributed by atoms with van der Waals surface area (Å²) < 4.78 is 24.5. The number of rotatable bonds is 7. The summed E-state index contributed by atoms with van der Waals surface area (Å²) in [7, 11) is 0. The lowest BCUT2D eigenvalue weighted by Gasteiger charge is -2.17. The predicted octanol–water partition coefficient (Wildman–Crippen LogP) is 4.79. The van der Waals surface area contributed by atoms with Gasteiger partial charge in [0, 0.05) is 5.02 Å². The van der Waals surface area contributed by atoms with Crippen LogP contribution in [0.5, 0.6) is 11.5 Å². The van der Waals surface area contributed by atoms with Crippen LogP contribution in [0.15, 0.2) is 36.4 Å². The zero-order valence-corrected chi connectivity index (χ0v) is 15.3. The Hall–Kier alpha value is -1.98. The third-order valence-electron chi connectivity index (χ3n) is 3.39. The van der Waals surface area contributed by atoms with Crippen LogP contribution in [0.2, 0.25) is 10.0 Å². The number of amides is 1. The van der Waals surface area contributed by atoms with Gasteiger partial charge in [-0.15, -0.1) is 0 Å². The Morgan fingerprint density at radius 2 is 1.80 bits per heavy atom. The minimum Gasteiger partial charge on any atom is -0.490 e. The second-order valence-corrected chi connectivity index (χ2v) is 6.06. The summed E-state index contributed by atoms with van der Waals surface area (Å²) in [5.41, 5.74) is 0.437. The van der Waals surface area contributed by atoms with E-state index in [2.05, 4.69) is 5.32 Å². The SMILES string of the molecule is CCOc1ccccc1OCC(=O)NC(C)c1cc(F)c(Cl)cc1Cl. The van der Waals surface area contributed by atoms with Crippen LogP contribution in [0.25, 0.3) is 0 Å². The first-order valence-electron chi connectivity index (χ1n) is 7.70. The molecule has 0 bridgehead atoms. The van der Waals surface area contributed by atoms with Crippen molar-refractivity contribution >= 4 is 29.1 Å². The zero-order valence-electron chi connectivity index (χ0n) is 13.8. The van der Waals surface area contributed by atoms with Gasteiger partial charge in [-0.05, 0) is 43.7 Å². The summed E-state index contributed by atoms with van der Waals surface area (Å²) in [4.78, 5) is 12.1. The van der Waals surface area contributed by atoms with E-state index in [4.69, 9.17) is 32.7 Å². The number of hydrogen-bond acceptors (Lipinski definition) is 3. The van der Waals surface area contributed by atoms with Crippen LogP contribution in [-0.2, 0) is 4.79 Å². The van der Waals surface area contributed by atoms with Crippen molar-refractivity contribution in [1.29, 1.82) is 0 Å². The van der Waals surface area contributed by atoms with E-state index < -0.39 is 11.9 Å². The molecule has 0 aliphatic carbocycles. The number of halogens is 3. The number of benzene rings is 2. The van der Waals surface area contributed by atoms with Crippen LogP contribution in [0, 0.1) is 5.82 Å². The fourth-order valence-electron chi connectivity index (χ4n) is 2.22. The molecule has 2 aromatic carbocycles. The number of nitrogens with one attached hydrogen (secondary N) is 1. The molecule has 0 spiro atoms. The van der Waals surface area contributed by atoms with Crippen LogP contribution < -0.4 is 14.8 Å². The molecule has 0 aliphatic rings. The quantitative estimate of drug-likeness (QED) is 0.697. The molecule has 0 radical (unpaired) electrons. The fourth-order valence-corrected chi connectivity index (χ4v) is 2.76. The molecule has 1 N–H and O–H groups in total. The van der Waals surface area contributed by atoms with Gasteiger partial charge in [0.15, 0.2) is 18.1 Å². The third-order valence-corrected chi connectivity index (χ3v) is 4.01. The van der Waals surface area contributed by atoms with Gasteiger partial charge in [-0.2, -0.15) is 0 Å². The molecule has 0 aliphatic heterocycles. The monoisotopic (exact) mass is 385 g/mol. The summed E-state index contributed by atoms with van der Waals surface area (Å²) in [6.07, 6.45) is 0. The van der Waals surface area contributed by atoms with Gasteiger partial charge in [0.2, 0.25) is 0 Å². The second kappa shape index (κ2) is 8.92. The highest BCUT2D eigenvalue weighted by molar-refractivity contribution is 6.35. The first kappa shape index (κ1) is 19.3. The van der Waals surface area contributed by atoms with Gasteiger partial charge in [-0.3, -0.25) is 4.79 Å². The van der Waals surface area contributed by atoms with Crippen molar-refractivity contribution in [2.24, 2.45) is 0 Å². The van der Waals surface area contributed by atoms with E-state index >= 15 is 0 Å². The maximum atomic E-state index is 13.6. The lowest BCUT2D eigenvalue weighted by Crippen LogP contribution is -2.31. The van der Waals surface area contributed by atoms with Gasteiger partial charge in [-0.25, -0.2) is 4.39 Å². The molecule has 25 heavy (non-hydrogen) atoms. The summed E-state index contributed by atoms with van der Waals surface area (Å²) in [5, 5.41) is 2.92. The largest absolute Gasteiger partial charge is 0.490 e. The molecule has 0 aromatic heterocycles. The molecule has 0 saturated heterocycles. The van der Waals surface area contributed by atoms with Crippen molar-refractivity contribution in [2.45, 2.75) is 19.9 Å². The van der Waals surface area contributed by atoms with Crippen LogP contribution in [0.4, 0.5) is 4.39 Å². The number of para-hydroxylation sites is 2. The average molecular weight is 386 g/mol. The summed E-state index contributed by atoms with van der Waals surface area (Å²) >= 11 is 11.7. The Balaban J connectivity index is 1.98. The van der Waals surface area contributed by atoms with Gasteiger partial charge in [0.25, 0.3) is 5.91 Å². The van der Waals surface area contributed by atoms with Gasteiger partial charge in [0.1, 0.15) is 5.82 Å². The maximum Gasteiger partial charge on any atom is 0.258 e. The molecular formula is C18H18Cl2FNO3. The number of carbonyl (C=O) groups excluding carboxylic acids is 1. The lowest BCUT2D eigenvalue weighted by atomic mass is 10.1. The topological polar surface area (TPSA) is 47.6 Å². The molecule has 1 unspecified atom stereocenters. The highest BCUT2D eigenvalue weighted by atomic mass is 35.5. The highest BCUT2D eigenvalue weighted by Crippen LogP contribution is 2.29. The van der Waals surface area contributed by atoms with Crippen molar-refractivity contribution in [3.63, 3.8) is 0 Å². The molecule has 1 amide bonds. The van der Waals surface area contributed by atoms with Gasteiger partial charge in [-0.1, -0.05) is 35.3 Å². The maximum absolute atomic E-state index is 13.6. The highest BCUT2D eigenvalue weighted by Gasteiger charge is 2.16. The van der Waals surface area contributed by atoms with Crippen LogP contribution in [0.1, 0.15) is 25.5 Å². The van der Waals surface area contributed by atoms with E-state index in [0.717, 1.165) is 0 Å². The number of ether oxygens (including phenoxy) is 2. The van der Waals surface area contributed by atoms with E-state index in [0.29, 0.717) is 23.7 Å². The first-order chi connectivity index (χ1) is 11.9. The van der Waals surface area contributed by atoms with Crippen LogP contribution >= 0.6 is 23.2 Å². The summed E-state index contributed by atoms with van der Waals surface area (Å²) in [6.45, 7) is 3.84. The molecule has 7 heteroatoms. The molecule has 0 fully saturated rings. The molecule has 2 rings (SSSR count). The Kier molecular flexibility index (Phi) is 6.91. The molecule has 1 atom stereocenters. The molecular weight excluding hydrogens is 368 g/mol. The van der Waals surface area contributed by atoms with Crippen molar-refractivity contribution in [2.75, 3.05) is 13.2 Å². The minimum absolute atomic E-state index is 0.0665. The lowest BCUT2D eigenvalue weighted by molar-refractivity contribution is -0.123. The smallest absolute Gasteiger partial charge is 0.258 e. The number of hydrogen-bond donors (Lipinski definition) is 1. The van der Waals surface area contributed by atoms with Crippen LogP contribution in [0.3, 0.4) is 0 Å². The number of carbonyl (C=O) groups is 1. The molecule has 2 aromatic rings. The van der Waals surface area contributed by atoms with Gasteiger partial charge < -0.3 is 14.8 Å². The fraction of sp³-hybridized carbons (Fsp3) is 0.278. The average Bonchev–Trinajstić information content (AvgIpc) is 2.57. The van der Waals surface area contributed by atoms with Gasteiger partial charge >= 0.3 is 0 Å². The second-order valence-electron chi connectivity index (χ2n) is 5.25. The van der Waals surface area contributed by atoms with Crippen molar-refractivity contribution in [3.8, 4) is 11.5 Å². The Morgan fingerprint density at radius 3 is 2.44 bits per heavy atom. The normalized spacial score (nSPS) is 11.7. The molecule has 0 heterocycles. The van der Waals surface area contributed by atoms with E-state index in [1.807, 2.05) is 13.0 Å². The molecule has 4 nitrogen and oxygen atoms in total. The van der Waals surface area contributed by atoms with Crippen molar-refractivity contribution in [1.82, 2.24) is 5.32 Å². The third kappa shape index (κ3) is 5.25. The summed E-state index contributed by atoms with van der Waals surface area (Å²) in [6, 6.07) is 9.10. The van der Waals surface area contributed by atoms with Crippen LogP contribution in [-0.4, -0.2) is 19.1 Å². The summed E-state index contributed by atoms with van der Waals surface area (Å²) in [5.74, 6) is 0.0747. The molecule has 0 saturated carbocycles. The minimum atomic E-state index is -0.593. The predicted molar refractivity (Wildman–Crippen MR) is 96.1 cm³/mol. The van der Waals surface area contributed by atoms with Crippen molar-refractivity contribution in [3.05, 3.63) is 57.8 Å². The van der Waals surface area contributed by atoms with E-state index in [1.165, 1.54) is 12.1 Å². The zero-order chi connectivity index (χ0) is 18.4. The standard InChI is InChI=1S/C18H18Cl2FNO3/c1-3-24-16-6-4-5-7-17(16)25-10-18(23)22-11(2)12-8-15(21)14(20)9-13(12)19/h4-9,11H,3,10H2,1-2H3,(H,22,23). The van der Waals surface area contributed by atoms with E-state index in [9.17, 15) is 9.18 Å². The Bertz CT molecular complexity index is 755. The van der Waals surface area contributed by atoms with E-state index in [-0.39, 0.29) is 22.6 Å². The first-order valence-corrected chi connectivity index (χ1v) is 8.46. The molecule has 134 valence electrons. The van der Waals surface area contributed by atoms with Gasteiger partial charge in [0.05, 0.1) is 17.7 Å². The Morgan fingerprint density at radius 1 is 1.16 bits per heavy atom. The van der Waals surface area contributed by atoms with E-state index in [1.54, 1.807) is 25.1 Å². The Labute approximate surface area is 155 Å².